The second-order valence-corrected chi connectivity index (χ2v) is 8.16. The molecule has 1 saturated heterocycles. The number of hydrogen-bond acceptors (Lipinski definition) is 13. The summed E-state index contributed by atoms with van der Waals surface area (Å²) in [5.74, 6) is -1.32. The number of rotatable bonds is 9. The fourth-order valence-electron chi connectivity index (χ4n) is 2.66. The lowest BCUT2D eigenvalue weighted by atomic mass is 9.99. The number of esters is 1. The van der Waals surface area contributed by atoms with E-state index in [1.807, 2.05) is 0 Å². The summed E-state index contributed by atoms with van der Waals surface area (Å²) in [4.78, 5) is 28.4. The fraction of sp³-hybridized carbons (Fsp3) is 0.824. The summed E-state index contributed by atoms with van der Waals surface area (Å²) in [7, 11) is 0. The smallest absolute Gasteiger partial charge is 0.408 e. The van der Waals surface area contributed by atoms with Crippen molar-refractivity contribution in [3.63, 3.8) is 0 Å². The first kappa shape index (κ1) is 28.7. The predicted octanol–water partition coefficient (Wildman–Crippen LogP) is -2.99. The van der Waals surface area contributed by atoms with E-state index in [0.717, 1.165) is 0 Å². The molecule has 192 valence electrons. The minimum absolute atomic E-state index is 0.00683. The van der Waals surface area contributed by atoms with Crippen molar-refractivity contribution in [3.05, 3.63) is 5.21 Å². The molecule has 1 aliphatic heterocycles. The van der Waals surface area contributed by atoms with E-state index < -0.39 is 66.4 Å². The van der Waals surface area contributed by atoms with Crippen LogP contribution in [-0.4, -0.2) is 104 Å². The molecule has 0 aromatic carbocycles. The Labute approximate surface area is 189 Å². The molecule has 1 heterocycles. The van der Waals surface area contributed by atoms with E-state index >= 15 is 0 Å². The average molecular weight is 482 g/mol. The highest BCUT2D eigenvalue weighted by molar-refractivity contribution is 5.81. The van der Waals surface area contributed by atoms with Crippen LogP contribution in [0.3, 0.4) is 0 Å². The van der Waals surface area contributed by atoms with Gasteiger partial charge in [0.1, 0.15) is 42.7 Å². The number of ether oxygens (including phenoxy) is 3. The molecule has 0 bridgehead atoms. The second kappa shape index (κ2) is 12.8. The van der Waals surface area contributed by atoms with Crippen LogP contribution in [-0.2, 0) is 19.0 Å². The Balaban J connectivity index is 2.72. The van der Waals surface area contributed by atoms with Gasteiger partial charge in [0.2, 0.25) is 5.96 Å². The van der Waals surface area contributed by atoms with Crippen LogP contribution in [0.15, 0.2) is 4.99 Å². The van der Waals surface area contributed by atoms with E-state index in [1.54, 1.807) is 26.2 Å². The van der Waals surface area contributed by atoms with Crippen LogP contribution < -0.4 is 16.5 Å². The van der Waals surface area contributed by atoms with Gasteiger partial charge in [0.25, 0.3) is 0 Å². The van der Waals surface area contributed by atoms with Gasteiger partial charge >= 0.3 is 12.1 Å². The van der Waals surface area contributed by atoms with Gasteiger partial charge in [0.05, 0.1) is 0 Å². The topological polar surface area (TPSA) is 252 Å². The number of alkyl carbamates (subject to hydrolysis) is 1. The zero-order valence-corrected chi connectivity index (χ0v) is 18.4. The van der Waals surface area contributed by atoms with E-state index in [0.29, 0.717) is 0 Å². The van der Waals surface area contributed by atoms with E-state index in [1.165, 1.54) is 0 Å². The van der Waals surface area contributed by atoms with Crippen molar-refractivity contribution < 1.29 is 49.4 Å². The molecular formula is C17H32N5O11-. The van der Waals surface area contributed by atoms with Crippen LogP contribution in [0.25, 0.3) is 0 Å². The molecule has 0 aliphatic carbocycles. The van der Waals surface area contributed by atoms with Crippen molar-refractivity contribution in [2.75, 3.05) is 13.2 Å². The zero-order chi connectivity index (χ0) is 25.3. The van der Waals surface area contributed by atoms with Gasteiger partial charge in [0.15, 0.2) is 6.29 Å². The summed E-state index contributed by atoms with van der Waals surface area (Å²) in [6, 6.07) is -1.22. The number of nitrogens with two attached hydrogens (primary N) is 1. The summed E-state index contributed by atoms with van der Waals surface area (Å²) >= 11 is 0. The Bertz CT molecular complexity index is 672. The third kappa shape index (κ3) is 10.4. The molecule has 33 heavy (non-hydrogen) atoms. The van der Waals surface area contributed by atoms with E-state index in [9.17, 15) is 35.2 Å². The largest absolute Gasteiger partial charge is 0.744 e. The van der Waals surface area contributed by atoms with Gasteiger partial charge in [-0.15, -0.1) is 0 Å². The lowest BCUT2D eigenvalue weighted by molar-refractivity contribution is -0.287. The average Bonchev–Trinajstić information content (AvgIpc) is 2.68. The maximum Gasteiger partial charge on any atom is 0.408 e. The normalized spacial score (nSPS) is 27.1. The molecule has 9 N–H and O–H groups in total. The zero-order valence-electron chi connectivity index (χ0n) is 18.4. The standard InChI is InChI=1S/C17H32N5O11/c1-17(2,3)33-16(28)20-8(5-4-6-19-15(18)21-22(29)30)13(26)31-7-9-10(23)11(24)12(25)14(27)32-9/h8-12,14,23-25,27,29H,4-7H2,1-3H3,(H,20,28)(H3,18,19,21)/q-1/t8-,9+,10+,11+,12+,14+/m1/s1. The van der Waals surface area contributed by atoms with Crippen LogP contribution in [0.2, 0.25) is 0 Å². The van der Waals surface area contributed by atoms with E-state index in [-0.39, 0.29) is 25.3 Å². The minimum Gasteiger partial charge on any atom is -0.744 e. The Morgan fingerprint density at radius 3 is 2.42 bits per heavy atom. The van der Waals surface area contributed by atoms with Crippen LogP contribution in [0, 0.1) is 5.21 Å². The van der Waals surface area contributed by atoms with Crippen LogP contribution in [0.4, 0.5) is 4.79 Å². The molecule has 0 radical (unpaired) electrons. The van der Waals surface area contributed by atoms with Crippen LogP contribution in [0.1, 0.15) is 33.6 Å². The Kier molecular flexibility index (Phi) is 11.1. The number of hydrogen-bond donors (Lipinski definition) is 8. The molecule has 0 aromatic heterocycles. The number of hydrazine groups is 1. The number of nitrogens with one attached hydrogen (secondary N) is 2. The number of aliphatic hydroxyl groups excluding tert-OH is 4. The molecular weight excluding hydrogens is 450 g/mol. The molecule has 1 amide bonds. The summed E-state index contributed by atoms with van der Waals surface area (Å²) in [5, 5.41) is 59.3. The molecule has 16 nitrogen and oxygen atoms in total. The maximum absolute atomic E-state index is 12.5. The van der Waals surface area contributed by atoms with Crippen LogP contribution >= 0.6 is 0 Å². The predicted molar refractivity (Wildman–Crippen MR) is 109 cm³/mol. The number of nitrogens with zero attached hydrogens (tertiary/aromatic N) is 2. The number of carbonyl (C=O) groups excluding carboxylic acids is 2. The van der Waals surface area contributed by atoms with Gasteiger partial charge in [-0.2, -0.15) is 5.34 Å². The van der Waals surface area contributed by atoms with Crippen molar-refractivity contribution >= 4 is 18.0 Å². The number of carbonyl (C=O) groups is 2. The first-order valence-electron chi connectivity index (χ1n) is 9.98. The van der Waals surface area contributed by atoms with Crippen LogP contribution in [0.5, 0.6) is 0 Å². The highest BCUT2D eigenvalue weighted by Gasteiger charge is 2.43. The molecule has 6 atom stereocenters. The molecule has 1 aliphatic rings. The number of aliphatic imine (C=N–C) groups is 1. The molecule has 0 spiro atoms. The summed E-state index contributed by atoms with van der Waals surface area (Å²) in [6.07, 6.45) is -8.99. The van der Waals surface area contributed by atoms with Gasteiger partial charge in [-0.3, -0.25) is 10.4 Å². The van der Waals surface area contributed by atoms with Crippen molar-refractivity contribution in [1.29, 1.82) is 0 Å². The summed E-state index contributed by atoms with van der Waals surface area (Å²) in [5.41, 5.74) is 6.26. The SMILES string of the molecule is CC(C)(C)OC(=O)N[C@H](CCCN=C(N)NN([O-])O)C(=O)OC[C@@H]1O[C@H](O)[C@@H](O)[C@@H](O)[C@H]1O. The maximum atomic E-state index is 12.5. The Hall–Kier alpha value is -2.31. The highest BCUT2D eigenvalue weighted by Crippen LogP contribution is 2.20. The highest BCUT2D eigenvalue weighted by atomic mass is 16.8. The first-order chi connectivity index (χ1) is 15.2. The van der Waals surface area contributed by atoms with Gasteiger partial charge in [-0.05, 0) is 33.6 Å². The fourth-order valence-corrected chi connectivity index (χ4v) is 2.66. The lowest BCUT2D eigenvalue weighted by Crippen LogP contribution is -2.59. The Morgan fingerprint density at radius 1 is 1.21 bits per heavy atom. The lowest BCUT2D eigenvalue weighted by Gasteiger charge is -2.38. The molecule has 0 saturated carbocycles. The number of aliphatic hydroxyl groups is 4. The number of amides is 1. The second-order valence-electron chi connectivity index (χ2n) is 8.16. The van der Waals surface area contributed by atoms with Gasteiger partial charge in [0, 0.05) is 6.54 Å². The van der Waals surface area contributed by atoms with Crippen molar-refractivity contribution in [2.45, 2.75) is 76.0 Å². The minimum atomic E-state index is -1.80. The first-order valence-corrected chi connectivity index (χ1v) is 9.98. The summed E-state index contributed by atoms with van der Waals surface area (Å²) < 4.78 is 15.1. The third-order valence-corrected chi connectivity index (χ3v) is 4.20. The van der Waals surface area contributed by atoms with Gasteiger partial charge in [-0.1, -0.05) is 0 Å². The third-order valence-electron chi connectivity index (χ3n) is 4.20. The van der Waals surface area contributed by atoms with Crippen molar-refractivity contribution in [3.8, 4) is 0 Å². The number of guanidine groups is 1. The molecule has 1 rings (SSSR count). The van der Waals surface area contributed by atoms with Crippen molar-refractivity contribution in [2.24, 2.45) is 10.7 Å². The monoisotopic (exact) mass is 482 g/mol. The Morgan fingerprint density at radius 2 is 1.85 bits per heavy atom. The van der Waals surface area contributed by atoms with Crippen molar-refractivity contribution in [1.82, 2.24) is 16.1 Å². The van der Waals surface area contributed by atoms with E-state index in [4.69, 9.17) is 25.2 Å². The quantitative estimate of drug-likeness (QED) is 0.0536. The molecule has 0 aromatic rings. The van der Waals surface area contributed by atoms with E-state index in [2.05, 4.69) is 10.3 Å². The summed E-state index contributed by atoms with van der Waals surface area (Å²) in [6.45, 7) is 4.28. The van der Waals surface area contributed by atoms with Gasteiger partial charge in [-0.25, -0.2) is 9.59 Å². The van der Waals surface area contributed by atoms with Gasteiger partial charge < -0.3 is 56.1 Å². The molecule has 16 heteroatoms. The molecule has 1 fully saturated rings. The molecule has 0 unspecified atom stereocenters.